The van der Waals surface area contributed by atoms with E-state index in [1.165, 1.54) is 12.1 Å². The average molecular weight is 588 g/mol. The highest BCUT2D eigenvalue weighted by molar-refractivity contribution is 6.35. The van der Waals surface area contributed by atoms with E-state index < -0.39 is 5.97 Å². The maximum Gasteiger partial charge on any atom is 0.352 e. The van der Waals surface area contributed by atoms with Crippen molar-refractivity contribution >= 4 is 39.2 Å². The lowest BCUT2D eigenvalue weighted by Crippen LogP contribution is -2.12. The predicted molar refractivity (Wildman–Crippen MR) is 165 cm³/mol. The summed E-state index contributed by atoms with van der Waals surface area (Å²) in [6.45, 7) is 3.14. The molecule has 0 radical (unpaired) electrons. The minimum Gasteiger partial charge on any atom is -0.493 e. The number of hydrogen-bond donors (Lipinski definition) is 1. The van der Waals surface area contributed by atoms with Gasteiger partial charge in [-0.1, -0.05) is 49.6 Å². The van der Waals surface area contributed by atoms with E-state index in [-0.39, 0.29) is 5.82 Å². The maximum atomic E-state index is 13.7. The molecule has 1 N–H and O–H groups in total. The van der Waals surface area contributed by atoms with Crippen molar-refractivity contribution in [2.75, 3.05) is 6.61 Å². The summed E-state index contributed by atoms with van der Waals surface area (Å²) in [5.74, 6) is -0.530. The Kier molecular flexibility index (Phi) is 7.95. The van der Waals surface area contributed by atoms with Gasteiger partial charge in [-0.3, -0.25) is 4.68 Å². The Hall–Kier alpha value is -3.84. The van der Waals surface area contributed by atoms with Crippen molar-refractivity contribution in [2.24, 2.45) is 7.05 Å². The molecular formula is C34H35ClFN3O3. The summed E-state index contributed by atoms with van der Waals surface area (Å²) in [7, 11) is 1.98. The van der Waals surface area contributed by atoms with Crippen LogP contribution in [-0.4, -0.2) is 32.0 Å². The monoisotopic (exact) mass is 587 g/mol. The van der Waals surface area contributed by atoms with Crippen molar-refractivity contribution in [3.05, 3.63) is 82.0 Å². The lowest BCUT2D eigenvalue weighted by atomic mass is 9.95. The Bertz CT molecular complexity index is 1810. The van der Waals surface area contributed by atoms with Gasteiger partial charge in [-0.15, -0.1) is 0 Å². The maximum absolute atomic E-state index is 13.7. The number of carboxylic acid groups (broad SMARTS) is 1. The molecule has 3 heterocycles. The lowest BCUT2D eigenvalue weighted by molar-refractivity contribution is 0.0684. The molecule has 0 aliphatic carbocycles. The van der Waals surface area contributed by atoms with Crippen LogP contribution >= 0.6 is 11.6 Å². The van der Waals surface area contributed by atoms with Crippen LogP contribution in [-0.2, 0) is 32.9 Å². The van der Waals surface area contributed by atoms with Gasteiger partial charge in [-0.25, -0.2) is 9.18 Å². The van der Waals surface area contributed by atoms with Crippen LogP contribution in [0.1, 0.15) is 66.5 Å². The van der Waals surface area contributed by atoms with E-state index in [1.54, 1.807) is 6.07 Å². The first-order chi connectivity index (χ1) is 20.4. The number of fused-ring (bicyclic) bond motifs is 3. The highest BCUT2D eigenvalue weighted by Crippen LogP contribution is 2.43. The molecule has 218 valence electrons. The van der Waals surface area contributed by atoms with Crippen LogP contribution in [0.15, 0.2) is 48.5 Å². The van der Waals surface area contributed by atoms with E-state index in [4.69, 9.17) is 21.4 Å². The molecule has 0 amide bonds. The lowest BCUT2D eigenvalue weighted by Gasteiger charge is -2.14. The van der Waals surface area contributed by atoms with E-state index in [0.29, 0.717) is 42.5 Å². The van der Waals surface area contributed by atoms with Gasteiger partial charge in [0.2, 0.25) is 0 Å². The summed E-state index contributed by atoms with van der Waals surface area (Å²) in [6.07, 6.45) is 6.84. The molecule has 5 aromatic rings. The first-order valence-corrected chi connectivity index (χ1v) is 15.2. The number of aromatic nitrogens is 3. The predicted octanol–water partition coefficient (Wildman–Crippen LogP) is 8.38. The first kappa shape index (κ1) is 28.3. The number of carbonyl (C=O) groups is 1. The summed E-state index contributed by atoms with van der Waals surface area (Å²) in [4.78, 5) is 12.9. The fourth-order valence-corrected chi connectivity index (χ4v) is 6.89. The van der Waals surface area contributed by atoms with Gasteiger partial charge in [0, 0.05) is 41.2 Å². The zero-order valence-corrected chi connectivity index (χ0v) is 24.8. The Morgan fingerprint density at radius 1 is 1.07 bits per heavy atom. The third-order valence-electron chi connectivity index (χ3n) is 8.48. The highest BCUT2D eigenvalue weighted by Gasteiger charge is 2.29. The van der Waals surface area contributed by atoms with Gasteiger partial charge in [-0.05, 0) is 79.8 Å². The van der Waals surface area contributed by atoms with Gasteiger partial charge in [-0.2, -0.15) is 5.10 Å². The standard InChI is InChI=1S/C34H35ClFN3O3/c1-3-28-31-27(37-38(28)2)12-6-4-5-7-18-39-32-25(16-17-26(35)30(31)32)24(33(39)34(40)41)11-9-19-42-29-13-8-10-21-20-22(36)14-15-23(21)29/h8,10,13-17,20H,3-7,9,11-12,18-19H2,1-2H3,(H,40,41). The molecule has 8 heteroatoms. The number of ether oxygens (including phenoxy) is 1. The largest absolute Gasteiger partial charge is 0.493 e. The number of halogens is 2. The number of hydrogen-bond acceptors (Lipinski definition) is 3. The number of rotatable bonds is 7. The third kappa shape index (κ3) is 5.04. The second kappa shape index (κ2) is 11.8. The molecule has 3 aromatic carbocycles. The van der Waals surface area contributed by atoms with Crippen molar-refractivity contribution in [3.63, 3.8) is 0 Å². The Labute approximate surface area is 249 Å². The summed E-state index contributed by atoms with van der Waals surface area (Å²) in [5, 5.41) is 18.6. The highest BCUT2D eigenvalue weighted by atomic mass is 35.5. The van der Waals surface area contributed by atoms with Crippen molar-refractivity contribution in [1.82, 2.24) is 14.3 Å². The number of nitrogens with zero attached hydrogens (tertiary/aromatic N) is 3. The van der Waals surface area contributed by atoms with Crippen LogP contribution in [0.2, 0.25) is 5.02 Å². The van der Waals surface area contributed by atoms with Gasteiger partial charge in [0.15, 0.2) is 0 Å². The van der Waals surface area contributed by atoms with E-state index >= 15 is 0 Å². The van der Waals surface area contributed by atoms with Crippen molar-refractivity contribution in [3.8, 4) is 16.9 Å². The molecule has 6 rings (SSSR count). The van der Waals surface area contributed by atoms with Crippen molar-refractivity contribution in [1.29, 1.82) is 0 Å². The smallest absolute Gasteiger partial charge is 0.352 e. The zero-order chi connectivity index (χ0) is 29.4. The molecule has 2 aromatic heterocycles. The van der Waals surface area contributed by atoms with E-state index in [9.17, 15) is 14.3 Å². The van der Waals surface area contributed by atoms with Crippen LogP contribution in [0.3, 0.4) is 0 Å². The Balaban J connectivity index is 1.42. The van der Waals surface area contributed by atoms with Crippen LogP contribution < -0.4 is 4.74 Å². The van der Waals surface area contributed by atoms with E-state index in [1.807, 2.05) is 46.6 Å². The normalized spacial score (nSPS) is 13.7. The van der Waals surface area contributed by atoms with Crippen molar-refractivity contribution < 1.29 is 19.0 Å². The minimum absolute atomic E-state index is 0.285. The average Bonchev–Trinajstić information content (AvgIpc) is 3.44. The molecule has 0 unspecified atom stereocenters. The summed E-state index contributed by atoms with van der Waals surface area (Å²) in [5.41, 5.74) is 6.10. The molecule has 6 nitrogen and oxygen atoms in total. The molecule has 1 aliphatic heterocycles. The fraction of sp³-hybridized carbons (Fsp3) is 0.353. The Morgan fingerprint density at radius 3 is 2.69 bits per heavy atom. The topological polar surface area (TPSA) is 69.3 Å². The fourth-order valence-electron chi connectivity index (χ4n) is 6.64. The first-order valence-electron chi connectivity index (χ1n) is 14.8. The second-order valence-corrected chi connectivity index (χ2v) is 11.5. The molecule has 0 bridgehead atoms. The molecule has 0 saturated carbocycles. The molecule has 42 heavy (non-hydrogen) atoms. The van der Waals surface area contributed by atoms with Gasteiger partial charge in [0.1, 0.15) is 17.3 Å². The molecule has 0 fully saturated rings. The SMILES string of the molecule is CCc1c2c(nn1C)CCCCCCn1c(C(=O)O)c(CCCOc3cccc4cc(F)ccc34)c3ccc(Cl)c-2c31. The van der Waals surface area contributed by atoms with Gasteiger partial charge in [0.25, 0.3) is 0 Å². The molecular weight excluding hydrogens is 553 g/mol. The quantitative estimate of drug-likeness (QED) is 0.194. The number of carboxylic acids is 1. The summed E-state index contributed by atoms with van der Waals surface area (Å²) >= 11 is 6.99. The summed E-state index contributed by atoms with van der Waals surface area (Å²) in [6, 6.07) is 14.1. The van der Waals surface area contributed by atoms with Gasteiger partial charge < -0.3 is 14.4 Å². The van der Waals surface area contributed by atoms with Gasteiger partial charge in [0.05, 0.1) is 22.8 Å². The molecule has 1 aliphatic rings. The van der Waals surface area contributed by atoms with Crippen molar-refractivity contribution in [2.45, 2.75) is 64.8 Å². The number of benzene rings is 3. The number of aryl methyl sites for hydroxylation is 4. The van der Waals surface area contributed by atoms with Crippen LogP contribution in [0.5, 0.6) is 5.75 Å². The van der Waals surface area contributed by atoms with Crippen LogP contribution in [0.25, 0.3) is 32.8 Å². The van der Waals surface area contributed by atoms with Gasteiger partial charge >= 0.3 is 5.97 Å². The van der Waals surface area contributed by atoms with Crippen LogP contribution in [0, 0.1) is 5.82 Å². The zero-order valence-electron chi connectivity index (χ0n) is 24.1. The molecule has 0 spiro atoms. The number of aromatic carboxylic acids is 1. The van der Waals surface area contributed by atoms with E-state index in [2.05, 4.69) is 6.92 Å². The Morgan fingerprint density at radius 2 is 1.88 bits per heavy atom. The molecule has 0 atom stereocenters. The summed E-state index contributed by atoms with van der Waals surface area (Å²) < 4.78 is 23.8. The molecule has 0 saturated heterocycles. The minimum atomic E-state index is -0.933. The van der Waals surface area contributed by atoms with Crippen LogP contribution in [0.4, 0.5) is 4.39 Å². The second-order valence-electron chi connectivity index (χ2n) is 11.1. The van der Waals surface area contributed by atoms with E-state index in [0.717, 1.165) is 88.3 Å². The third-order valence-corrected chi connectivity index (χ3v) is 8.80.